The fourth-order valence-electron chi connectivity index (χ4n) is 11.2. The second-order valence-electron chi connectivity index (χ2n) is 18.0. The highest BCUT2D eigenvalue weighted by Gasteiger charge is 2.46. The van der Waals surface area contributed by atoms with Gasteiger partial charge >= 0.3 is 0 Å². The first-order chi connectivity index (χ1) is 34.2. The van der Waals surface area contributed by atoms with Crippen LogP contribution in [-0.4, -0.2) is 4.57 Å². The number of hydrogen-bond donors (Lipinski definition) is 0. The van der Waals surface area contributed by atoms with Crippen molar-refractivity contribution >= 4 is 38.9 Å². The van der Waals surface area contributed by atoms with Crippen LogP contribution < -0.4 is 4.90 Å². The quantitative estimate of drug-likeness (QED) is 0.140. The van der Waals surface area contributed by atoms with Crippen LogP contribution in [0.2, 0.25) is 0 Å². The van der Waals surface area contributed by atoms with Crippen LogP contribution >= 0.6 is 0 Å². The third kappa shape index (κ3) is 6.64. The standard InChI is InChI=1S/C67H46N2/c1-5-19-47(20-6-1)48-37-40-55(41-38-48)68(54-25-11-4-12-26-54)64-31-17-14-27-57(64)50-35-33-49(34-36-50)51-39-43-61-60-29-15-18-32-65(60)69(66(61)45-51)56-42-44-59-58-28-13-16-30-62(58)67(63(59)46-56,52-21-7-2-8-22-52)53-23-9-3-10-24-53/h1-46H. The van der Waals surface area contributed by atoms with Crippen LogP contribution in [-0.2, 0) is 5.41 Å². The number of aromatic nitrogens is 1. The fourth-order valence-corrected chi connectivity index (χ4v) is 11.2. The lowest BCUT2D eigenvalue weighted by molar-refractivity contribution is 0.767. The van der Waals surface area contributed by atoms with E-state index in [-0.39, 0.29) is 0 Å². The molecule has 0 radical (unpaired) electrons. The van der Waals surface area contributed by atoms with Gasteiger partial charge in [-0.3, -0.25) is 0 Å². The molecule has 2 heteroatoms. The molecule has 0 atom stereocenters. The lowest BCUT2D eigenvalue weighted by Gasteiger charge is -2.34. The number of hydrogen-bond acceptors (Lipinski definition) is 1. The third-order valence-corrected chi connectivity index (χ3v) is 14.3. The van der Waals surface area contributed by atoms with Crippen LogP contribution in [0.3, 0.4) is 0 Å². The Morgan fingerprint density at radius 3 is 1.51 bits per heavy atom. The Kier molecular flexibility index (Phi) is 9.77. The number of anilines is 3. The van der Waals surface area contributed by atoms with Crippen molar-refractivity contribution in [3.63, 3.8) is 0 Å². The number of nitrogens with zero attached hydrogens (tertiary/aromatic N) is 2. The highest BCUT2D eigenvalue weighted by atomic mass is 15.1. The molecule has 1 aliphatic rings. The molecule has 0 saturated carbocycles. The van der Waals surface area contributed by atoms with Crippen molar-refractivity contribution < 1.29 is 0 Å². The van der Waals surface area contributed by atoms with E-state index in [1.54, 1.807) is 0 Å². The van der Waals surface area contributed by atoms with E-state index in [9.17, 15) is 0 Å². The van der Waals surface area contributed by atoms with E-state index in [0.29, 0.717) is 0 Å². The van der Waals surface area contributed by atoms with Gasteiger partial charge in [-0.1, -0.05) is 224 Å². The molecule has 69 heavy (non-hydrogen) atoms. The van der Waals surface area contributed by atoms with E-state index in [4.69, 9.17) is 0 Å². The molecule has 1 heterocycles. The first-order valence-corrected chi connectivity index (χ1v) is 23.8. The van der Waals surface area contributed by atoms with E-state index in [0.717, 1.165) is 33.9 Å². The Balaban J connectivity index is 0.917. The van der Waals surface area contributed by atoms with E-state index in [1.165, 1.54) is 77.4 Å². The summed E-state index contributed by atoms with van der Waals surface area (Å²) in [5.74, 6) is 0. The summed E-state index contributed by atoms with van der Waals surface area (Å²) in [4.78, 5) is 2.37. The summed E-state index contributed by atoms with van der Waals surface area (Å²) >= 11 is 0. The van der Waals surface area contributed by atoms with Gasteiger partial charge in [-0.25, -0.2) is 0 Å². The van der Waals surface area contributed by atoms with Crippen LogP contribution in [0.15, 0.2) is 279 Å². The van der Waals surface area contributed by atoms with E-state index in [1.807, 2.05) is 0 Å². The molecular formula is C67H46N2. The smallest absolute Gasteiger partial charge is 0.0714 e. The summed E-state index contributed by atoms with van der Waals surface area (Å²) in [5.41, 5.74) is 21.1. The Labute approximate surface area is 403 Å². The van der Waals surface area contributed by atoms with Gasteiger partial charge in [0.05, 0.1) is 22.1 Å². The minimum absolute atomic E-state index is 0.486. The zero-order valence-corrected chi connectivity index (χ0v) is 38.0. The van der Waals surface area contributed by atoms with Crippen LogP contribution in [0, 0.1) is 0 Å². The minimum Gasteiger partial charge on any atom is -0.310 e. The summed E-state index contributed by atoms with van der Waals surface area (Å²) in [7, 11) is 0. The molecule has 0 N–H and O–H groups in total. The van der Waals surface area contributed by atoms with Crippen molar-refractivity contribution in [2.75, 3.05) is 4.90 Å². The van der Waals surface area contributed by atoms with E-state index in [2.05, 4.69) is 289 Å². The first kappa shape index (κ1) is 40.3. The molecule has 1 aliphatic carbocycles. The largest absolute Gasteiger partial charge is 0.310 e. The van der Waals surface area contributed by atoms with Crippen molar-refractivity contribution in [1.82, 2.24) is 4.57 Å². The molecule has 12 aromatic rings. The summed E-state index contributed by atoms with van der Waals surface area (Å²) < 4.78 is 2.48. The Hall–Kier alpha value is -8.98. The lowest BCUT2D eigenvalue weighted by Crippen LogP contribution is -2.28. The highest BCUT2D eigenvalue weighted by Crippen LogP contribution is 2.56. The summed E-state index contributed by atoms with van der Waals surface area (Å²) in [6.45, 7) is 0. The molecule has 324 valence electrons. The van der Waals surface area contributed by atoms with Crippen LogP contribution in [0.25, 0.3) is 72.0 Å². The molecule has 0 fully saturated rings. The molecule has 0 unspecified atom stereocenters. The molecule has 0 amide bonds. The van der Waals surface area contributed by atoms with Crippen molar-refractivity contribution in [1.29, 1.82) is 0 Å². The van der Waals surface area contributed by atoms with Gasteiger partial charge in [-0.15, -0.1) is 0 Å². The minimum atomic E-state index is -0.486. The van der Waals surface area contributed by atoms with Gasteiger partial charge in [0.2, 0.25) is 0 Å². The van der Waals surface area contributed by atoms with Crippen LogP contribution in [0.5, 0.6) is 0 Å². The van der Waals surface area contributed by atoms with Gasteiger partial charge in [-0.05, 0) is 116 Å². The molecular weight excluding hydrogens is 833 g/mol. The zero-order chi connectivity index (χ0) is 45.7. The number of benzene rings is 11. The van der Waals surface area contributed by atoms with E-state index >= 15 is 0 Å². The predicted molar refractivity (Wildman–Crippen MR) is 289 cm³/mol. The van der Waals surface area contributed by atoms with Crippen LogP contribution in [0.4, 0.5) is 17.1 Å². The summed E-state index contributed by atoms with van der Waals surface area (Å²) in [5, 5.41) is 2.48. The second kappa shape index (κ2) is 16.7. The molecule has 11 aromatic carbocycles. The van der Waals surface area contributed by atoms with Gasteiger partial charge in [-0.2, -0.15) is 0 Å². The van der Waals surface area contributed by atoms with Crippen molar-refractivity contribution in [2.45, 2.75) is 5.41 Å². The normalized spacial score (nSPS) is 12.5. The molecule has 0 saturated heterocycles. The maximum atomic E-state index is 2.48. The average Bonchev–Trinajstić information content (AvgIpc) is 3.92. The SMILES string of the molecule is c1ccc(-c2ccc(N(c3ccccc3)c3ccccc3-c3ccc(-c4ccc5c6ccccc6n(-c6ccc7c(c6)C(c6ccccc6)(c6ccccc6)c6ccccc6-7)c5c4)cc3)cc2)cc1. The second-order valence-corrected chi connectivity index (χ2v) is 18.0. The third-order valence-electron chi connectivity index (χ3n) is 14.3. The fraction of sp³-hybridized carbons (Fsp3) is 0.0149. The van der Waals surface area contributed by atoms with Crippen LogP contribution in [0.1, 0.15) is 22.3 Å². The Bertz CT molecular complexity index is 3760. The topological polar surface area (TPSA) is 8.17 Å². The van der Waals surface area contributed by atoms with Crippen molar-refractivity contribution in [3.8, 4) is 50.2 Å². The van der Waals surface area contributed by atoms with Gasteiger partial charge < -0.3 is 9.47 Å². The molecule has 0 spiro atoms. The summed E-state index contributed by atoms with van der Waals surface area (Å²) in [6.07, 6.45) is 0. The van der Waals surface area contributed by atoms with Gasteiger partial charge in [0.1, 0.15) is 0 Å². The van der Waals surface area contributed by atoms with Gasteiger partial charge in [0, 0.05) is 33.4 Å². The van der Waals surface area contributed by atoms with E-state index < -0.39 is 5.41 Å². The molecule has 0 aliphatic heterocycles. The molecule has 2 nitrogen and oxygen atoms in total. The van der Waals surface area contributed by atoms with Gasteiger partial charge in [0.15, 0.2) is 0 Å². The maximum Gasteiger partial charge on any atom is 0.0714 e. The first-order valence-electron chi connectivity index (χ1n) is 23.8. The number of para-hydroxylation sites is 3. The summed E-state index contributed by atoms with van der Waals surface area (Å²) in [6, 6.07) is 102. The number of rotatable bonds is 9. The molecule has 1 aromatic heterocycles. The Morgan fingerprint density at radius 2 is 0.783 bits per heavy atom. The molecule has 13 rings (SSSR count). The van der Waals surface area contributed by atoms with Crippen molar-refractivity contribution in [3.05, 3.63) is 301 Å². The number of fused-ring (bicyclic) bond motifs is 6. The monoisotopic (exact) mass is 878 g/mol. The maximum absolute atomic E-state index is 2.48. The lowest BCUT2D eigenvalue weighted by atomic mass is 9.67. The zero-order valence-electron chi connectivity index (χ0n) is 38.0. The predicted octanol–water partition coefficient (Wildman–Crippen LogP) is 17.6. The van der Waals surface area contributed by atoms with Gasteiger partial charge in [0.25, 0.3) is 0 Å². The molecule has 0 bridgehead atoms. The van der Waals surface area contributed by atoms with Crippen molar-refractivity contribution in [2.24, 2.45) is 0 Å². The highest BCUT2D eigenvalue weighted by molar-refractivity contribution is 6.10. The Morgan fingerprint density at radius 1 is 0.290 bits per heavy atom. The average molecular weight is 879 g/mol.